The van der Waals surface area contributed by atoms with Gasteiger partial charge in [-0.1, -0.05) is 37.5 Å². The molecule has 1 aliphatic rings. The van der Waals surface area contributed by atoms with Crippen molar-refractivity contribution in [2.75, 3.05) is 0 Å². The number of nitrogens with one attached hydrogen (secondary N) is 1. The molecule has 1 saturated carbocycles. The van der Waals surface area contributed by atoms with Crippen LogP contribution in [0.5, 0.6) is 0 Å². The van der Waals surface area contributed by atoms with E-state index < -0.39 is 5.54 Å². The van der Waals surface area contributed by atoms with Crippen LogP contribution in [-0.2, 0) is 11.2 Å². The highest BCUT2D eigenvalue weighted by Gasteiger charge is 2.36. The molecule has 1 aliphatic carbocycles. The average molecular weight is 310 g/mol. The van der Waals surface area contributed by atoms with Gasteiger partial charge in [0.1, 0.15) is 0 Å². The van der Waals surface area contributed by atoms with Gasteiger partial charge >= 0.3 is 0 Å². The predicted molar refractivity (Wildman–Crippen MR) is 88.0 cm³/mol. The molecule has 0 aromatic carbocycles. The summed E-state index contributed by atoms with van der Waals surface area (Å²) in [6, 6.07) is 4.16. The third kappa shape index (κ3) is 4.03. The van der Waals surface area contributed by atoms with Crippen LogP contribution in [0.15, 0.2) is 17.5 Å². The molecule has 0 spiro atoms. The molecule has 0 aliphatic heterocycles. The second-order valence-electron chi connectivity index (χ2n) is 5.49. The maximum absolute atomic E-state index is 12.1. The molecule has 0 bridgehead atoms. The van der Waals surface area contributed by atoms with Crippen LogP contribution < -0.4 is 11.1 Å². The summed E-state index contributed by atoms with van der Waals surface area (Å²) < 4.78 is 0. The van der Waals surface area contributed by atoms with Gasteiger partial charge in [0.15, 0.2) is 0 Å². The highest BCUT2D eigenvalue weighted by molar-refractivity contribution is 7.80. The van der Waals surface area contributed by atoms with E-state index in [2.05, 4.69) is 16.8 Å². The summed E-state index contributed by atoms with van der Waals surface area (Å²) in [5.41, 5.74) is 5.45. The number of aryl methyl sites for hydroxylation is 1. The van der Waals surface area contributed by atoms with Crippen LogP contribution >= 0.6 is 23.6 Å². The number of carbonyl (C=O) groups excluding carboxylic acids is 1. The number of carbonyl (C=O) groups is 1. The molecule has 0 radical (unpaired) electrons. The van der Waals surface area contributed by atoms with E-state index in [9.17, 15) is 4.79 Å². The van der Waals surface area contributed by atoms with Crippen LogP contribution in [0.25, 0.3) is 0 Å². The standard InChI is InChI=1S/C15H22N2OS2/c16-14(19)15(9-2-1-3-10-15)17-13(18)8-4-6-12-7-5-11-20-12/h5,7,11H,1-4,6,8-10H2,(H2,16,19)(H,17,18). The summed E-state index contributed by atoms with van der Waals surface area (Å²) in [7, 11) is 0. The number of rotatable bonds is 6. The SMILES string of the molecule is NC(=S)C1(NC(=O)CCCc2cccs2)CCCCC1. The minimum absolute atomic E-state index is 0.0799. The van der Waals surface area contributed by atoms with Gasteiger partial charge in [-0.2, -0.15) is 0 Å². The zero-order valence-corrected chi connectivity index (χ0v) is 13.3. The Morgan fingerprint density at radius 2 is 2.15 bits per heavy atom. The quantitative estimate of drug-likeness (QED) is 0.794. The summed E-state index contributed by atoms with van der Waals surface area (Å²) in [6.07, 6.45) is 7.55. The Hall–Kier alpha value is -0.940. The van der Waals surface area contributed by atoms with Crippen LogP contribution in [-0.4, -0.2) is 16.4 Å². The van der Waals surface area contributed by atoms with Gasteiger partial charge in [-0.15, -0.1) is 11.3 Å². The van der Waals surface area contributed by atoms with E-state index in [1.165, 1.54) is 11.3 Å². The van der Waals surface area contributed by atoms with Crippen molar-refractivity contribution in [3.05, 3.63) is 22.4 Å². The highest BCUT2D eigenvalue weighted by Crippen LogP contribution is 2.28. The third-order valence-electron chi connectivity index (χ3n) is 3.96. The molecule has 1 amide bonds. The van der Waals surface area contributed by atoms with Crippen molar-refractivity contribution < 1.29 is 4.79 Å². The maximum atomic E-state index is 12.1. The van der Waals surface area contributed by atoms with Crippen LogP contribution in [0.3, 0.4) is 0 Å². The Kier molecular flexibility index (Phi) is 5.54. The number of thiocarbonyl (C=S) groups is 1. The highest BCUT2D eigenvalue weighted by atomic mass is 32.1. The lowest BCUT2D eigenvalue weighted by atomic mass is 9.81. The molecule has 0 unspecified atom stereocenters. The smallest absolute Gasteiger partial charge is 0.220 e. The number of nitrogens with two attached hydrogens (primary N) is 1. The largest absolute Gasteiger partial charge is 0.391 e. The van der Waals surface area contributed by atoms with Gasteiger partial charge in [-0.25, -0.2) is 0 Å². The minimum atomic E-state index is -0.423. The molecule has 1 aromatic rings. The monoisotopic (exact) mass is 310 g/mol. The van der Waals surface area contributed by atoms with Crippen molar-refractivity contribution in [2.24, 2.45) is 5.73 Å². The molecule has 2 rings (SSSR count). The lowest BCUT2D eigenvalue weighted by molar-refractivity contribution is -0.122. The number of thiophene rings is 1. The van der Waals surface area contributed by atoms with Crippen LogP contribution in [0.2, 0.25) is 0 Å². The van der Waals surface area contributed by atoms with Crippen LogP contribution in [0.1, 0.15) is 49.8 Å². The maximum Gasteiger partial charge on any atom is 0.220 e. The first-order chi connectivity index (χ1) is 9.62. The fourth-order valence-electron chi connectivity index (χ4n) is 2.80. The van der Waals surface area contributed by atoms with Gasteiger partial charge in [0, 0.05) is 11.3 Å². The van der Waals surface area contributed by atoms with E-state index >= 15 is 0 Å². The second kappa shape index (κ2) is 7.18. The summed E-state index contributed by atoms with van der Waals surface area (Å²) in [5.74, 6) is 0.0799. The van der Waals surface area contributed by atoms with Gasteiger partial charge < -0.3 is 11.1 Å². The van der Waals surface area contributed by atoms with Crippen molar-refractivity contribution in [3.8, 4) is 0 Å². The first kappa shape index (κ1) is 15.4. The Morgan fingerprint density at radius 1 is 1.40 bits per heavy atom. The van der Waals surface area contributed by atoms with E-state index in [1.54, 1.807) is 11.3 Å². The van der Waals surface area contributed by atoms with E-state index in [4.69, 9.17) is 18.0 Å². The average Bonchev–Trinajstić information content (AvgIpc) is 2.93. The summed E-state index contributed by atoms with van der Waals surface area (Å²) >= 11 is 6.93. The van der Waals surface area contributed by atoms with Crippen molar-refractivity contribution in [3.63, 3.8) is 0 Å². The molecule has 1 heterocycles. The van der Waals surface area contributed by atoms with Crippen LogP contribution in [0.4, 0.5) is 0 Å². The Balaban J connectivity index is 1.81. The van der Waals surface area contributed by atoms with Crippen molar-refractivity contribution >= 4 is 34.5 Å². The molecule has 0 saturated heterocycles. The summed E-state index contributed by atoms with van der Waals surface area (Å²) in [4.78, 5) is 13.9. The molecule has 5 heteroatoms. The van der Waals surface area contributed by atoms with E-state index in [1.807, 2.05) is 6.07 Å². The Labute approximate surface area is 129 Å². The van der Waals surface area contributed by atoms with E-state index in [-0.39, 0.29) is 5.91 Å². The fraction of sp³-hybridized carbons (Fsp3) is 0.600. The second-order valence-corrected chi connectivity index (χ2v) is 6.96. The van der Waals surface area contributed by atoms with Gasteiger partial charge in [-0.05, 0) is 37.1 Å². The molecular formula is C15H22N2OS2. The zero-order chi connectivity index (χ0) is 14.4. The zero-order valence-electron chi connectivity index (χ0n) is 11.7. The molecule has 1 aromatic heterocycles. The molecule has 3 nitrogen and oxygen atoms in total. The molecular weight excluding hydrogens is 288 g/mol. The number of hydrogen-bond donors (Lipinski definition) is 2. The fourth-order valence-corrected chi connectivity index (χ4v) is 3.80. The lowest BCUT2D eigenvalue weighted by Gasteiger charge is -2.37. The van der Waals surface area contributed by atoms with Crippen molar-refractivity contribution in [1.82, 2.24) is 5.32 Å². The Morgan fingerprint density at radius 3 is 2.75 bits per heavy atom. The number of hydrogen-bond acceptors (Lipinski definition) is 3. The summed E-state index contributed by atoms with van der Waals surface area (Å²) in [5, 5.41) is 5.18. The Bertz CT molecular complexity index is 450. The first-order valence-corrected chi connectivity index (χ1v) is 8.54. The minimum Gasteiger partial charge on any atom is -0.391 e. The molecule has 110 valence electrons. The lowest BCUT2D eigenvalue weighted by Crippen LogP contribution is -2.57. The predicted octanol–water partition coefficient (Wildman–Crippen LogP) is 3.18. The first-order valence-electron chi connectivity index (χ1n) is 7.26. The summed E-state index contributed by atoms with van der Waals surface area (Å²) in [6.45, 7) is 0. The van der Waals surface area contributed by atoms with Crippen LogP contribution in [0, 0.1) is 0 Å². The van der Waals surface area contributed by atoms with Gasteiger partial charge in [0.2, 0.25) is 5.91 Å². The molecule has 0 atom stereocenters. The topological polar surface area (TPSA) is 55.1 Å². The molecule has 1 fully saturated rings. The molecule has 3 N–H and O–H groups in total. The molecule has 20 heavy (non-hydrogen) atoms. The van der Waals surface area contributed by atoms with Gasteiger partial charge in [-0.3, -0.25) is 4.79 Å². The van der Waals surface area contributed by atoms with Crippen molar-refractivity contribution in [2.45, 2.75) is 56.9 Å². The normalized spacial score (nSPS) is 17.6. The van der Waals surface area contributed by atoms with Gasteiger partial charge in [0.05, 0.1) is 10.5 Å². The van der Waals surface area contributed by atoms with Gasteiger partial charge in [0.25, 0.3) is 0 Å². The van der Waals surface area contributed by atoms with E-state index in [0.29, 0.717) is 11.4 Å². The van der Waals surface area contributed by atoms with Crippen molar-refractivity contribution in [1.29, 1.82) is 0 Å². The number of amides is 1. The third-order valence-corrected chi connectivity index (χ3v) is 5.29. The van der Waals surface area contributed by atoms with E-state index in [0.717, 1.165) is 38.5 Å².